The Hall–Kier alpha value is -2.91. The zero-order chi connectivity index (χ0) is 23.2. The van der Waals surface area contributed by atoms with Gasteiger partial charge in [0.05, 0.1) is 17.7 Å². The van der Waals surface area contributed by atoms with Gasteiger partial charge in [-0.3, -0.25) is 0 Å². The Labute approximate surface area is 179 Å². The minimum absolute atomic E-state index is 0.0997. The van der Waals surface area contributed by atoms with E-state index < -0.39 is 46.5 Å². The van der Waals surface area contributed by atoms with E-state index in [9.17, 15) is 22.0 Å². The first-order valence-corrected chi connectivity index (χ1v) is 9.15. The summed E-state index contributed by atoms with van der Waals surface area (Å²) in [6.45, 7) is -1.13. The summed E-state index contributed by atoms with van der Waals surface area (Å²) in [7, 11) is 3.59. The van der Waals surface area contributed by atoms with Gasteiger partial charge in [0.1, 0.15) is 41.5 Å². The van der Waals surface area contributed by atoms with Crippen molar-refractivity contribution in [3.8, 4) is 23.1 Å². The Bertz CT molecular complexity index is 941. The molecule has 1 aromatic carbocycles. The molecule has 0 fully saturated rings. The lowest BCUT2D eigenvalue weighted by atomic mass is 10.1. The predicted molar refractivity (Wildman–Crippen MR) is 103 cm³/mol. The number of halogens is 6. The Morgan fingerprint density at radius 3 is 2.35 bits per heavy atom. The number of ether oxygens (including phenoxy) is 1. The van der Waals surface area contributed by atoms with Crippen molar-refractivity contribution in [1.82, 2.24) is 20.2 Å². The summed E-state index contributed by atoms with van der Waals surface area (Å²) in [4.78, 5) is 9.45. The molecule has 0 saturated heterocycles. The van der Waals surface area contributed by atoms with Crippen LogP contribution in [0, 0.1) is 23.1 Å². The number of nitrogens with one attached hydrogen (secondary N) is 2. The average Bonchev–Trinajstić information content (AvgIpc) is 2.64. The molecule has 0 unspecified atom stereocenters. The first-order valence-electron chi connectivity index (χ1n) is 8.77. The Morgan fingerprint density at radius 2 is 1.81 bits per heavy atom. The Morgan fingerprint density at radius 1 is 1.16 bits per heavy atom. The number of nitriles is 1. The third-order valence-electron chi connectivity index (χ3n) is 3.77. The normalized spacial score (nSPS) is 11.4. The highest BCUT2D eigenvalue weighted by atomic mass is 35.5. The molecule has 0 radical (unpaired) electrons. The Balaban J connectivity index is 2.48. The van der Waals surface area contributed by atoms with Crippen LogP contribution in [0.4, 0.5) is 27.8 Å². The van der Waals surface area contributed by atoms with Crippen LogP contribution < -0.4 is 15.4 Å². The zero-order valence-electron chi connectivity index (χ0n) is 16.4. The lowest BCUT2D eigenvalue weighted by Crippen LogP contribution is -2.23. The van der Waals surface area contributed by atoms with Crippen molar-refractivity contribution in [3.05, 3.63) is 34.7 Å². The number of hydrogen-bond acceptors (Lipinski definition) is 7. The number of nitrogens with zero attached hydrogens (tertiary/aromatic N) is 4. The summed E-state index contributed by atoms with van der Waals surface area (Å²) >= 11 is 6.05. The third-order valence-corrected chi connectivity index (χ3v) is 4.04. The van der Waals surface area contributed by atoms with Crippen molar-refractivity contribution in [2.24, 2.45) is 0 Å². The van der Waals surface area contributed by atoms with E-state index in [-0.39, 0.29) is 24.7 Å². The van der Waals surface area contributed by atoms with Crippen molar-refractivity contribution in [2.75, 3.05) is 39.1 Å². The van der Waals surface area contributed by atoms with E-state index in [1.54, 1.807) is 25.2 Å². The predicted octanol–water partition coefficient (Wildman–Crippen LogP) is 3.56. The minimum Gasteiger partial charge on any atom is -0.492 e. The zero-order valence-corrected chi connectivity index (χ0v) is 17.2. The largest absolute Gasteiger partial charge is 0.492 e. The second kappa shape index (κ2) is 10.4. The molecule has 2 N–H and O–H groups in total. The van der Waals surface area contributed by atoms with Crippen LogP contribution in [0.3, 0.4) is 0 Å². The molecule has 2 aromatic rings. The van der Waals surface area contributed by atoms with Crippen molar-refractivity contribution in [3.63, 3.8) is 0 Å². The van der Waals surface area contributed by atoms with Gasteiger partial charge in [-0.05, 0) is 14.1 Å². The monoisotopic (exact) mass is 464 g/mol. The summed E-state index contributed by atoms with van der Waals surface area (Å²) in [5.74, 6) is -3.03. The summed E-state index contributed by atoms with van der Waals surface area (Å²) in [6, 6.07) is 1.78. The van der Waals surface area contributed by atoms with Crippen LogP contribution in [0.1, 0.15) is 5.82 Å². The fourth-order valence-electron chi connectivity index (χ4n) is 2.43. The van der Waals surface area contributed by atoms with Crippen LogP contribution in [0.5, 0.6) is 5.75 Å². The van der Waals surface area contributed by atoms with Crippen LogP contribution in [0.25, 0.3) is 11.1 Å². The standard InChI is InChI=1S/C18H18ClF5N6O/c1-30(2)3-4-31-10-5-11(20)14(12(21)6-10)15-16(19)28-13(7-26-9-25)29-17(15)27-8-18(22,23)24/h5-6,26H,3-4,7-8H2,1-2H3,(H,27,28,29). The molecule has 1 heterocycles. The van der Waals surface area contributed by atoms with Gasteiger partial charge in [-0.15, -0.1) is 0 Å². The lowest BCUT2D eigenvalue weighted by Gasteiger charge is -2.17. The van der Waals surface area contributed by atoms with Crippen LogP contribution in [0.2, 0.25) is 5.15 Å². The number of benzene rings is 1. The van der Waals surface area contributed by atoms with E-state index in [1.165, 1.54) is 0 Å². The summed E-state index contributed by atoms with van der Waals surface area (Å²) in [6.07, 6.45) is -3.04. The number of hydrogen-bond donors (Lipinski definition) is 2. The van der Waals surface area contributed by atoms with Gasteiger partial charge in [0.25, 0.3) is 0 Å². The maximum absolute atomic E-state index is 14.8. The van der Waals surface area contributed by atoms with Gasteiger partial charge >= 0.3 is 6.18 Å². The van der Waals surface area contributed by atoms with E-state index in [0.717, 1.165) is 12.1 Å². The molecule has 1 aromatic heterocycles. The van der Waals surface area contributed by atoms with Crippen molar-refractivity contribution in [2.45, 2.75) is 12.7 Å². The van der Waals surface area contributed by atoms with Crippen molar-refractivity contribution in [1.29, 1.82) is 5.26 Å². The summed E-state index contributed by atoms with van der Waals surface area (Å²) < 4.78 is 72.9. The van der Waals surface area contributed by atoms with Gasteiger partial charge in [-0.25, -0.2) is 18.7 Å². The molecule has 0 aliphatic rings. The lowest BCUT2D eigenvalue weighted by molar-refractivity contribution is -0.115. The molecule has 0 spiro atoms. The minimum atomic E-state index is -4.64. The molecular weight excluding hydrogens is 447 g/mol. The fraction of sp³-hybridized carbons (Fsp3) is 0.389. The summed E-state index contributed by atoms with van der Waals surface area (Å²) in [5.41, 5.74) is -1.20. The molecule has 31 heavy (non-hydrogen) atoms. The topological polar surface area (TPSA) is 86.1 Å². The fourth-order valence-corrected chi connectivity index (χ4v) is 2.71. The molecule has 0 saturated carbocycles. The smallest absolute Gasteiger partial charge is 0.405 e. The highest BCUT2D eigenvalue weighted by molar-refractivity contribution is 6.32. The maximum Gasteiger partial charge on any atom is 0.405 e. The molecule has 7 nitrogen and oxygen atoms in total. The second-order valence-electron chi connectivity index (χ2n) is 6.50. The quantitative estimate of drug-likeness (QED) is 0.254. The van der Waals surface area contributed by atoms with Gasteiger partial charge in [0.15, 0.2) is 12.0 Å². The van der Waals surface area contributed by atoms with Crippen LogP contribution in [0.15, 0.2) is 12.1 Å². The van der Waals surface area contributed by atoms with Gasteiger partial charge in [0.2, 0.25) is 0 Å². The van der Waals surface area contributed by atoms with Gasteiger partial charge in [-0.1, -0.05) is 11.6 Å². The highest BCUT2D eigenvalue weighted by Crippen LogP contribution is 2.38. The van der Waals surface area contributed by atoms with Crippen LogP contribution >= 0.6 is 11.6 Å². The van der Waals surface area contributed by atoms with Crippen LogP contribution in [-0.2, 0) is 6.54 Å². The third kappa shape index (κ3) is 7.08. The van der Waals surface area contributed by atoms with E-state index in [0.29, 0.717) is 6.54 Å². The highest BCUT2D eigenvalue weighted by Gasteiger charge is 2.29. The Kier molecular flexibility index (Phi) is 8.18. The number of likely N-dealkylation sites (N-methyl/N-ethyl adjacent to an activating group) is 1. The molecule has 0 aliphatic heterocycles. The van der Waals surface area contributed by atoms with E-state index in [1.807, 2.05) is 5.32 Å². The second-order valence-corrected chi connectivity index (χ2v) is 6.86. The van der Waals surface area contributed by atoms with Gasteiger partial charge in [0, 0.05) is 18.7 Å². The van der Waals surface area contributed by atoms with Crippen molar-refractivity contribution < 1.29 is 26.7 Å². The summed E-state index contributed by atoms with van der Waals surface area (Å²) in [5, 5.41) is 12.3. The molecule has 2 rings (SSSR count). The van der Waals surface area contributed by atoms with Crippen LogP contribution in [-0.4, -0.2) is 54.8 Å². The molecule has 13 heteroatoms. The number of aromatic nitrogens is 2. The molecule has 168 valence electrons. The van der Waals surface area contributed by atoms with E-state index >= 15 is 0 Å². The molecule has 0 aliphatic carbocycles. The first kappa shape index (κ1) is 24.4. The molecule has 0 amide bonds. The molecular formula is C18H18ClF5N6O. The molecule has 0 atom stereocenters. The van der Waals surface area contributed by atoms with E-state index in [2.05, 4.69) is 15.3 Å². The van der Waals surface area contributed by atoms with E-state index in [4.69, 9.17) is 21.6 Å². The number of anilines is 1. The van der Waals surface area contributed by atoms with Gasteiger partial charge in [-0.2, -0.15) is 18.4 Å². The first-order chi connectivity index (χ1) is 14.5. The SMILES string of the molecule is CN(C)CCOc1cc(F)c(-c2c(Cl)nc(CNC#N)nc2NCC(F)(F)F)c(F)c1. The maximum atomic E-state index is 14.8. The number of rotatable bonds is 9. The number of alkyl halides is 3. The average molecular weight is 465 g/mol. The molecule has 0 bridgehead atoms. The van der Waals surface area contributed by atoms with Crippen molar-refractivity contribution >= 4 is 17.4 Å². The van der Waals surface area contributed by atoms with Gasteiger partial charge < -0.3 is 20.3 Å².